The Morgan fingerprint density at radius 2 is 1.85 bits per heavy atom. The lowest BCUT2D eigenvalue weighted by molar-refractivity contribution is 0.102. The van der Waals surface area contributed by atoms with Gasteiger partial charge in [-0.15, -0.1) is 12.4 Å². The Kier molecular flexibility index (Phi) is 7.08. The maximum atomic E-state index is 5.95. The molecule has 0 spiro atoms. The molecule has 0 bridgehead atoms. The molecular formula is C20H29ClN4O. The summed E-state index contributed by atoms with van der Waals surface area (Å²) in [6, 6.07) is 10.2. The van der Waals surface area contributed by atoms with Gasteiger partial charge in [-0.2, -0.15) is 0 Å². The molecule has 2 aliphatic heterocycles. The molecule has 0 amide bonds. The van der Waals surface area contributed by atoms with E-state index >= 15 is 0 Å². The fraction of sp³-hybridized carbons (Fsp3) is 0.550. The van der Waals surface area contributed by atoms with Crippen molar-refractivity contribution in [3.63, 3.8) is 0 Å². The average molecular weight is 377 g/mol. The standard InChI is InChI=1S/C20H28N4O.ClH/c1-2-6-18(7-3-1)19-14-22-20(25-19)16-24-11-9-23(10-12-24)15-17-5-4-8-21-13-17;/h1-3,6-7,14,17,21H,4-5,8-13,15-16H2;1H. The predicted molar refractivity (Wildman–Crippen MR) is 106 cm³/mol. The van der Waals surface area contributed by atoms with Crippen LogP contribution >= 0.6 is 12.4 Å². The minimum atomic E-state index is 0. The highest BCUT2D eigenvalue weighted by Gasteiger charge is 2.22. The molecule has 4 rings (SSSR count). The number of aromatic nitrogens is 1. The van der Waals surface area contributed by atoms with E-state index in [4.69, 9.17) is 4.42 Å². The highest BCUT2D eigenvalue weighted by molar-refractivity contribution is 5.85. The van der Waals surface area contributed by atoms with Gasteiger partial charge in [0.2, 0.25) is 5.89 Å². The second-order valence-electron chi connectivity index (χ2n) is 7.27. The van der Waals surface area contributed by atoms with Gasteiger partial charge in [0.05, 0.1) is 12.7 Å². The molecule has 26 heavy (non-hydrogen) atoms. The molecule has 2 aliphatic rings. The van der Waals surface area contributed by atoms with E-state index in [9.17, 15) is 0 Å². The van der Waals surface area contributed by atoms with Crippen LogP contribution in [0.1, 0.15) is 18.7 Å². The molecule has 1 unspecified atom stereocenters. The van der Waals surface area contributed by atoms with Crippen molar-refractivity contribution in [3.05, 3.63) is 42.4 Å². The average Bonchev–Trinajstić information content (AvgIpc) is 3.14. The fourth-order valence-electron chi connectivity index (χ4n) is 3.89. The zero-order chi connectivity index (χ0) is 16.9. The molecule has 0 radical (unpaired) electrons. The normalized spacial score (nSPS) is 22.1. The lowest BCUT2D eigenvalue weighted by Crippen LogP contribution is -2.48. The Morgan fingerprint density at radius 3 is 2.58 bits per heavy atom. The van der Waals surface area contributed by atoms with E-state index in [1.54, 1.807) is 0 Å². The number of rotatable bonds is 5. The molecule has 0 aliphatic carbocycles. The summed E-state index contributed by atoms with van der Waals surface area (Å²) in [5.41, 5.74) is 1.09. The Balaban J connectivity index is 0.00000196. The number of piperazine rings is 1. The van der Waals surface area contributed by atoms with Gasteiger partial charge >= 0.3 is 0 Å². The number of halogens is 1. The summed E-state index contributed by atoms with van der Waals surface area (Å²) >= 11 is 0. The van der Waals surface area contributed by atoms with Crippen LogP contribution in [0.15, 0.2) is 40.9 Å². The fourth-order valence-corrected chi connectivity index (χ4v) is 3.89. The largest absolute Gasteiger partial charge is 0.439 e. The molecule has 1 aromatic carbocycles. The van der Waals surface area contributed by atoms with E-state index in [0.29, 0.717) is 0 Å². The number of piperidine rings is 1. The highest BCUT2D eigenvalue weighted by atomic mass is 35.5. The highest BCUT2D eigenvalue weighted by Crippen LogP contribution is 2.21. The van der Waals surface area contributed by atoms with E-state index in [2.05, 4.69) is 32.2 Å². The SMILES string of the molecule is Cl.c1ccc(-c2cnc(CN3CCN(CC4CCCNC4)CC3)o2)cc1. The summed E-state index contributed by atoms with van der Waals surface area (Å²) in [5.74, 6) is 2.52. The van der Waals surface area contributed by atoms with Crippen LogP contribution in [0.25, 0.3) is 11.3 Å². The van der Waals surface area contributed by atoms with Gasteiger partial charge in [-0.25, -0.2) is 4.98 Å². The molecule has 1 atom stereocenters. The molecule has 1 aromatic heterocycles. The van der Waals surface area contributed by atoms with Gasteiger partial charge in [0.1, 0.15) is 0 Å². The summed E-state index contributed by atoms with van der Waals surface area (Å²) in [6.07, 6.45) is 4.56. The van der Waals surface area contributed by atoms with Crippen LogP contribution in [0.5, 0.6) is 0 Å². The summed E-state index contributed by atoms with van der Waals surface area (Å²) in [7, 11) is 0. The topological polar surface area (TPSA) is 44.5 Å². The Hall–Kier alpha value is -1.40. The minimum absolute atomic E-state index is 0. The van der Waals surface area contributed by atoms with Crippen LogP contribution < -0.4 is 5.32 Å². The summed E-state index contributed by atoms with van der Waals surface area (Å²) < 4.78 is 5.95. The number of benzene rings is 1. The van der Waals surface area contributed by atoms with Gasteiger partial charge in [0.25, 0.3) is 0 Å². The maximum Gasteiger partial charge on any atom is 0.209 e. The molecule has 3 heterocycles. The van der Waals surface area contributed by atoms with Crippen molar-refractivity contribution in [2.45, 2.75) is 19.4 Å². The van der Waals surface area contributed by atoms with Crippen molar-refractivity contribution in [1.82, 2.24) is 20.1 Å². The van der Waals surface area contributed by atoms with Gasteiger partial charge in [-0.1, -0.05) is 30.3 Å². The van der Waals surface area contributed by atoms with Crippen molar-refractivity contribution in [2.75, 3.05) is 45.8 Å². The van der Waals surface area contributed by atoms with Gasteiger partial charge in [-0.05, 0) is 31.8 Å². The van der Waals surface area contributed by atoms with Gasteiger partial charge in [0, 0.05) is 38.3 Å². The first kappa shape index (κ1) is 19.4. The Labute approximate surface area is 162 Å². The third-order valence-electron chi connectivity index (χ3n) is 5.35. The van der Waals surface area contributed by atoms with E-state index in [-0.39, 0.29) is 12.4 Å². The van der Waals surface area contributed by atoms with Crippen molar-refractivity contribution < 1.29 is 4.42 Å². The van der Waals surface area contributed by atoms with Gasteiger partial charge in [0.15, 0.2) is 5.76 Å². The van der Waals surface area contributed by atoms with Crippen molar-refractivity contribution in [2.24, 2.45) is 5.92 Å². The maximum absolute atomic E-state index is 5.95. The van der Waals surface area contributed by atoms with Gasteiger partial charge in [-0.3, -0.25) is 4.90 Å². The van der Waals surface area contributed by atoms with Crippen LogP contribution in [0.4, 0.5) is 0 Å². The first-order chi connectivity index (χ1) is 12.4. The lowest BCUT2D eigenvalue weighted by atomic mass is 9.99. The molecule has 2 fully saturated rings. The molecule has 5 nitrogen and oxygen atoms in total. The minimum Gasteiger partial charge on any atom is -0.439 e. The number of oxazole rings is 1. The Morgan fingerprint density at radius 1 is 1.08 bits per heavy atom. The van der Waals surface area contributed by atoms with Crippen LogP contribution in [0, 0.1) is 5.92 Å². The summed E-state index contributed by atoms with van der Waals surface area (Å²) in [4.78, 5) is 9.55. The first-order valence-corrected chi connectivity index (χ1v) is 9.52. The van der Waals surface area contributed by atoms with Crippen molar-refractivity contribution >= 4 is 12.4 Å². The number of hydrogen-bond donors (Lipinski definition) is 1. The third kappa shape index (κ3) is 5.07. The smallest absolute Gasteiger partial charge is 0.209 e. The van der Waals surface area contributed by atoms with Crippen molar-refractivity contribution in [3.8, 4) is 11.3 Å². The molecular weight excluding hydrogens is 348 g/mol. The molecule has 6 heteroatoms. The van der Waals surface area contributed by atoms with Crippen LogP contribution in [0.2, 0.25) is 0 Å². The number of nitrogens with zero attached hydrogens (tertiary/aromatic N) is 3. The quantitative estimate of drug-likeness (QED) is 0.869. The lowest BCUT2D eigenvalue weighted by Gasteiger charge is -2.36. The number of nitrogens with one attached hydrogen (secondary N) is 1. The molecule has 142 valence electrons. The molecule has 0 saturated carbocycles. The molecule has 2 saturated heterocycles. The van der Waals surface area contributed by atoms with Crippen LogP contribution in [-0.4, -0.2) is 60.6 Å². The van der Waals surface area contributed by atoms with E-state index in [0.717, 1.165) is 55.9 Å². The van der Waals surface area contributed by atoms with E-state index < -0.39 is 0 Å². The Bertz CT molecular complexity index is 649. The second-order valence-corrected chi connectivity index (χ2v) is 7.27. The van der Waals surface area contributed by atoms with Crippen LogP contribution in [-0.2, 0) is 6.54 Å². The predicted octanol–water partition coefficient (Wildman–Crippen LogP) is 2.88. The number of hydrogen-bond acceptors (Lipinski definition) is 5. The van der Waals surface area contributed by atoms with Gasteiger partial charge < -0.3 is 14.6 Å². The molecule has 1 N–H and O–H groups in total. The van der Waals surface area contributed by atoms with Crippen LogP contribution in [0.3, 0.4) is 0 Å². The zero-order valence-electron chi connectivity index (χ0n) is 15.3. The van der Waals surface area contributed by atoms with E-state index in [1.165, 1.54) is 32.5 Å². The second kappa shape index (κ2) is 9.51. The van der Waals surface area contributed by atoms with E-state index in [1.807, 2.05) is 24.4 Å². The zero-order valence-corrected chi connectivity index (χ0v) is 16.1. The molecule has 2 aromatic rings. The van der Waals surface area contributed by atoms with Crippen molar-refractivity contribution in [1.29, 1.82) is 0 Å². The first-order valence-electron chi connectivity index (χ1n) is 9.52. The monoisotopic (exact) mass is 376 g/mol. The summed E-state index contributed by atoms with van der Waals surface area (Å²) in [5, 5.41) is 3.52. The third-order valence-corrected chi connectivity index (χ3v) is 5.35. The summed E-state index contributed by atoms with van der Waals surface area (Å²) in [6.45, 7) is 8.96.